The number of aromatic nitrogens is 2. The molecule has 2 aromatic heterocycles. The number of para-hydroxylation sites is 1. The Balaban J connectivity index is 1.92. The van der Waals surface area contributed by atoms with Gasteiger partial charge in [-0.25, -0.2) is 4.98 Å². The van der Waals surface area contributed by atoms with Crippen LogP contribution < -0.4 is 0 Å². The van der Waals surface area contributed by atoms with Gasteiger partial charge in [0.2, 0.25) is 0 Å². The van der Waals surface area contributed by atoms with Crippen molar-refractivity contribution in [3.63, 3.8) is 0 Å². The van der Waals surface area contributed by atoms with Crippen molar-refractivity contribution in [3.8, 4) is 11.3 Å². The molecule has 0 aliphatic rings. The molecule has 0 saturated carbocycles. The third-order valence-corrected chi connectivity index (χ3v) is 5.89. The first-order chi connectivity index (χ1) is 12.1. The lowest BCUT2D eigenvalue weighted by Crippen LogP contribution is -1.92. The fourth-order valence-corrected chi connectivity index (χ4v) is 4.75. The molecular weight excluding hydrogens is 354 g/mol. The number of benzene rings is 2. The van der Waals surface area contributed by atoms with E-state index >= 15 is 0 Å². The smallest absolute Gasteiger partial charge is 0.282 e. The highest BCUT2D eigenvalue weighted by atomic mass is 32.2. The zero-order chi connectivity index (χ0) is 17.4. The molecule has 0 amide bonds. The molecule has 0 saturated heterocycles. The van der Waals surface area contributed by atoms with Gasteiger partial charge in [-0.3, -0.25) is 14.5 Å². The minimum Gasteiger partial charge on any atom is -0.282 e. The molecule has 2 aromatic carbocycles. The molecule has 0 unspecified atom stereocenters. The third kappa shape index (κ3) is 2.81. The van der Waals surface area contributed by atoms with E-state index in [4.69, 9.17) is 4.98 Å². The lowest BCUT2D eigenvalue weighted by Gasteiger charge is -2.06. The Hall–Kier alpha value is -2.64. The number of hydrogen-bond donors (Lipinski definition) is 0. The normalized spacial score (nSPS) is 11.1. The van der Waals surface area contributed by atoms with E-state index in [2.05, 4.69) is 4.40 Å². The van der Waals surface area contributed by atoms with Crippen LogP contribution >= 0.6 is 23.1 Å². The standard InChI is InChI=1S/C18H13N3O2S2/c1-12-11-24-18-19-16(13-7-3-2-4-8-13)17(20(12)18)25-15-10-6-5-9-14(15)21(22)23/h2-11H,1H3. The van der Waals surface area contributed by atoms with E-state index in [1.54, 1.807) is 23.5 Å². The molecule has 0 atom stereocenters. The average molecular weight is 367 g/mol. The molecule has 2 heterocycles. The number of nitro benzene ring substituents is 1. The Morgan fingerprint density at radius 3 is 2.60 bits per heavy atom. The molecule has 4 aromatic rings. The van der Waals surface area contributed by atoms with Crippen molar-refractivity contribution >= 4 is 33.7 Å². The summed E-state index contributed by atoms with van der Waals surface area (Å²) in [7, 11) is 0. The van der Waals surface area contributed by atoms with Crippen LogP contribution in [0.25, 0.3) is 16.2 Å². The fraction of sp³-hybridized carbons (Fsp3) is 0.0556. The first kappa shape index (κ1) is 15.9. The molecule has 25 heavy (non-hydrogen) atoms. The van der Waals surface area contributed by atoms with Crippen LogP contribution in [0, 0.1) is 17.0 Å². The van der Waals surface area contributed by atoms with E-state index in [9.17, 15) is 10.1 Å². The van der Waals surface area contributed by atoms with E-state index in [1.807, 2.05) is 48.7 Å². The molecule has 0 bridgehead atoms. The summed E-state index contributed by atoms with van der Waals surface area (Å²) < 4.78 is 2.06. The summed E-state index contributed by atoms with van der Waals surface area (Å²) >= 11 is 2.95. The van der Waals surface area contributed by atoms with Crippen LogP contribution in [0.2, 0.25) is 0 Å². The van der Waals surface area contributed by atoms with Crippen molar-refractivity contribution in [2.24, 2.45) is 0 Å². The molecule has 4 rings (SSSR count). The molecule has 0 radical (unpaired) electrons. The predicted octanol–water partition coefficient (Wildman–Crippen LogP) is 5.43. The summed E-state index contributed by atoms with van der Waals surface area (Å²) in [4.78, 5) is 17.3. The first-order valence-electron chi connectivity index (χ1n) is 7.58. The maximum Gasteiger partial charge on any atom is 0.283 e. The number of nitro groups is 1. The van der Waals surface area contributed by atoms with Crippen LogP contribution in [0.3, 0.4) is 0 Å². The van der Waals surface area contributed by atoms with Gasteiger partial charge in [0.15, 0.2) is 4.96 Å². The van der Waals surface area contributed by atoms with Crippen molar-refractivity contribution in [2.75, 3.05) is 0 Å². The summed E-state index contributed by atoms with van der Waals surface area (Å²) in [5.41, 5.74) is 3.02. The highest BCUT2D eigenvalue weighted by Gasteiger charge is 2.21. The highest BCUT2D eigenvalue weighted by molar-refractivity contribution is 7.99. The van der Waals surface area contributed by atoms with Crippen LogP contribution in [0.1, 0.15) is 5.69 Å². The summed E-state index contributed by atoms with van der Waals surface area (Å²) in [5.74, 6) is 0. The van der Waals surface area contributed by atoms with Crippen LogP contribution in [0.5, 0.6) is 0 Å². The maximum atomic E-state index is 11.4. The average Bonchev–Trinajstić information content (AvgIpc) is 3.17. The van der Waals surface area contributed by atoms with E-state index in [0.717, 1.165) is 26.9 Å². The number of rotatable bonds is 4. The molecule has 0 N–H and O–H groups in total. The Morgan fingerprint density at radius 1 is 1.12 bits per heavy atom. The predicted molar refractivity (Wildman–Crippen MR) is 100 cm³/mol. The Kier molecular flexibility index (Phi) is 4.03. The summed E-state index contributed by atoms with van der Waals surface area (Å²) in [6.07, 6.45) is 0. The van der Waals surface area contributed by atoms with Gasteiger partial charge in [0.05, 0.1) is 9.82 Å². The van der Waals surface area contributed by atoms with Crippen LogP contribution in [-0.4, -0.2) is 14.3 Å². The van der Waals surface area contributed by atoms with E-state index < -0.39 is 0 Å². The number of aryl methyl sites for hydroxylation is 1. The van der Waals surface area contributed by atoms with Gasteiger partial charge in [-0.05, 0) is 13.0 Å². The topological polar surface area (TPSA) is 60.4 Å². The number of imidazole rings is 1. The van der Waals surface area contributed by atoms with Gasteiger partial charge in [0, 0.05) is 22.7 Å². The van der Waals surface area contributed by atoms with Crippen molar-refractivity contribution in [2.45, 2.75) is 16.8 Å². The van der Waals surface area contributed by atoms with Crippen molar-refractivity contribution in [3.05, 3.63) is 75.8 Å². The van der Waals surface area contributed by atoms with Gasteiger partial charge in [0.25, 0.3) is 5.69 Å². The van der Waals surface area contributed by atoms with Gasteiger partial charge < -0.3 is 0 Å². The molecule has 0 fully saturated rings. The second-order valence-corrected chi connectivity index (χ2v) is 7.32. The maximum absolute atomic E-state index is 11.4. The Labute approximate surface area is 152 Å². The quantitative estimate of drug-likeness (QED) is 0.356. The zero-order valence-corrected chi connectivity index (χ0v) is 14.9. The minimum atomic E-state index is -0.344. The van der Waals surface area contributed by atoms with Crippen molar-refractivity contribution in [1.82, 2.24) is 9.38 Å². The number of thiazole rings is 1. The molecular formula is C18H13N3O2S2. The zero-order valence-electron chi connectivity index (χ0n) is 13.2. The van der Waals surface area contributed by atoms with E-state index in [-0.39, 0.29) is 10.6 Å². The monoisotopic (exact) mass is 367 g/mol. The number of hydrogen-bond acceptors (Lipinski definition) is 5. The van der Waals surface area contributed by atoms with Crippen LogP contribution in [0.4, 0.5) is 5.69 Å². The summed E-state index contributed by atoms with van der Waals surface area (Å²) in [5, 5.41) is 14.3. The van der Waals surface area contributed by atoms with Crippen LogP contribution in [0.15, 0.2) is 69.9 Å². The summed E-state index contributed by atoms with van der Waals surface area (Å²) in [6, 6.07) is 16.7. The molecule has 124 valence electrons. The second kappa shape index (κ2) is 6.34. The largest absolute Gasteiger partial charge is 0.283 e. The lowest BCUT2D eigenvalue weighted by molar-refractivity contribution is -0.387. The highest BCUT2D eigenvalue weighted by Crippen LogP contribution is 2.41. The van der Waals surface area contributed by atoms with Gasteiger partial charge in [-0.2, -0.15) is 0 Å². The van der Waals surface area contributed by atoms with Gasteiger partial charge in [-0.1, -0.05) is 54.2 Å². The van der Waals surface area contributed by atoms with Gasteiger partial charge >= 0.3 is 0 Å². The second-order valence-electron chi connectivity index (χ2n) is 5.45. The Bertz CT molecular complexity index is 1070. The molecule has 5 nitrogen and oxygen atoms in total. The third-order valence-electron chi connectivity index (χ3n) is 3.81. The Morgan fingerprint density at radius 2 is 1.84 bits per heavy atom. The lowest BCUT2D eigenvalue weighted by atomic mass is 10.2. The molecule has 0 aliphatic carbocycles. The van der Waals surface area contributed by atoms with E-state index in [1.165, 1.54) is 17.8 Å². The molecule has 0 spiro atoms. The molecule has 7 heteroatoms. The van der Waals surface area contributed by atoms with Crippen molar-refractivity contribution < 1.29 is 4.92 Å². The van der Waals surface area contributed by atoms with Gasteiger partial charge in [-0.15, -0.1) is 11.3 Å². The first-order valence-corrected chi connectivity index (χ1v) is 9.28. The van der Waals surface area contributed by atoms with E-state index in [0.29, 0.717) is 4.90 Å². The number of nitrogens with zero attached hydrogens (tertiary/aromatic N) is 3. The number of fused-ring (bicyclic) bond motifs is 1. The SMILES string of the molecule is Cc1csc2nc(-c3ccccc3)c(Sc3ccccc3[N+](=O)[O-])n12. The summed E-state index contributed by atoms with van der Waals surface area (Å²) in [6.45, 7) is 2.02. The molecule has 0 aliphatic heterocycles. The fourth-order valence-electron chi connectivity index (χ4n) is 2.64. The minimum absolute atomic E-state index is 0.106. The van der Waals surface area contributed by atoms with Gasteiger partial charge in [0.1, 0.15) is 10.7 Å². The van der Waals surface area contributed by atoms with Crippen LogP contribution in [-0.2, 0) is 0 Å². The van der Waals surface area contributed by atoms with Crippen molar-refractivity contribution in [1.29, 1.82) is 0 Å².